The van der Waals surface area contributed by atoms with E-state index in [0.29, 0.717) is 12.1 Å². The highest BCUT2D eigenvalue weighted by atomic mass is 19.4. The topological polar surface area (TPSA) is 20.2 Å². The van der Waals surface area contributed by atoms with Crippen LogP contribution in [-0.4, -0.2) is 5.11 Å². The van der Waals surface area contributed by atoms with Crippen LogP contribution in [0.5, 0.6) is 5.75 Å². The van der Waals surface area contributed by atoms with Gasteiger partial charge in [-0.25, -0.2) is 8.78 Å². The van der Waals surface area contributed by atoms with Crippen molar-refractivity contribution in [1.82, 2.24) is 0 Å². The summed E-state index contributed by atoms with van der Waals surface area (Å²) in [6.45, 7) is 0. The molecule has 0 aromatic heterocycles. The zero-order valence-electron chi connectivity index (χ0n) is 9.30. The zero-order chi connectivity index (χ0) is 14.2. The van der Waals surface area contributed by atoms with Crippen LogP contribution >= 0.6 is 0 Å². The fourth-order valence-corrected chi connectivity index (χ4v) is 1.61. The van der Waals surface area contributed by atoms with Crippen molar-refractivity contribution in [2.24, 2.45) is 0 Å². The maximum absolute atomic E-state index is 13.1. The van der Waals surface area contributed by atoms with E-state index in [4.69, 9.17) is 0 Å². The van der Waals surface area contributed by atoms with Gasteiger partial charge in [-0.2, -0.15) is 13.2 Å². The highest BCUT2D eigenvalue weighted by molar-refractivity contribution is 5.66. The third kappa shape index (κ3) is 2.67. The molecule has 6 heteroatoms. The van der Waals surface area contributed by atoms with Crippen molar-refractivity contribution in [1.29, 1.82) is 0 Å². The van der Waals surface area contributed by atoms with Crippen LogP contribution in [0.15, 0.2) is 36.4 Å². The molecule has 0 saturated carbocycles. The molecule has 0 aliphatic rings. The van der Waals surface area contributed by atoms with E-state index in [9.17, 15) is 27.1 Å². The maximum atomic E-state index is 13.1. The molecule has 0 heterocycles. The predicted molar refractivity (Wildman–Crippen MR) is 58.5 cm³/mol. The van der Waals surface area contributed by atoms with Crippen molar-refractivity contribution in [2.45, 2.75) is 6.18 Å². The summed E-state index contributed by atoms with van der Waals surface area (Å²) in [4.78, 5) is 0. The summed E-state index contributed by atoms with van der Waals surface area (Å²) in [5, 5.41) is 9.17. The van der Waals surface area contributed by atoms with Crippen LogP contribution in [0.2, 0.25) is 0 Å². The third-order valence-electron chi connectivity index (χ3n) is 2.55. The summed E-state index contributed by atoms with van der Waals surface area (Å²) in [5.41, 5.74) is -1.22. The number of benzene rings is 2. The molecule has 0 aliphatic heterocycles. The second-order valence-electron chi connectivity index (χ2n) is 3.86. The SMILES string of the molecule is Oc1cc(-c2ccc(F)c(C(F)(F)F)c2)ccc1F. The molecule has 0 bridgehead atoms. The molecular weight excluding hydrogens is 267 g/mol. The van der Waals surface area contributed by atoms with E-state index in [1.165, 1.54) is 6.07 Å². The lowest BCUT2D eigenvalue weighted by Gasteiger charge is -2.10. The van der Waals surface area contributed by atoms with E-state index in [1.807, 2.05) is 0 Å². The molecule has 0 radical (unpaired) electrons. The molecule has 0 spiro atoms. The van der Waals surface area contributed by atoms with Gasteiger partial charge in [-0.15, -0.1) is 0 Å². The maximum Gasteiger partial charge on any atom is 0.419 e. The van der Waals surface area contributed by atoms with Crippen molar-refractivity contribution in [3.05, 3.63) is 53.6 Å². The number of alkyl halides is 3. The minimum Gasteiger partial charge on any atom is -0.505 e. The van der Waals surface area contributed by atoms with Gasteiger partial charge in [0.2, 0.25) is 0 Å². The second kappa shape index (κ2) is 4.53. The Morgan fingerprint density at radius 1 is 0.789 bits per heavy atom. The first kappa shape index (κ1) is 13.3. The molecule has 0 aliphatic carbocycles. The Labute approximate surface area is 104 Å². The van der Waals surface area contributed by atoms with Gasteiger partial charge in [0.1, 0.15) is 5.82 Å². The van der Waals surface area contributed by atoms with Crippen molar-refractivity contribution in [3.8, 4) is 16.9 Å². The van der Waals surface area contributed by atoms with Crippen molar-refractivity contribution in [3.63, 3.8) is 0 Å². The van der Waals surface area contributed by atoms with Gasteiger partial charge in [-0.3, -0.25) is 0 Å². The van der Waals surface area contributed by atoms with E-state index in [1.54, 1.807) is 0 Å². The second-order valence-corrected chi connectivity index (χ2v) is 3.86. The Hall–Kier alpha value is -2.11. The van der Waals surface area contributed by atoms with Crippen LogP contribution in [0, 0.1) is 11.6 Å². The Bertz CT molecular complexity index is 619. The molecule has 1 nitrogen and oxygen atoms in total. The number of rotatable bonds is 1. The van der Waals surface area contributed by atoms with Crippen LogP contribution in [0.25, 0.3) is 11.1 Å². The van der Waals surface area contributed by atoms with Crippen LogP contribution in [0.3, 0.4) is 0 Å². The molecule has 0 fully saturated rings. The third-order valence-corrected chi connectivity index (χ3v) is 2.55. The van der Waals surface area contributed by atoms with Gasteiger partial charge in [-0.05, 0) is 35.4 Å². The van der Waals surface area contributed by atoms with Crippen LogP contribution in [0.1, 0.15) is 5.56 Å². The van der Waals surface area contributed by atoms with Gasteiger partial charge in [0.15, 0.2) is 11.6 Å². The average Bonchev–Trinajstić information content (AvgIpc) is 2.32. The summed E-state index contributed by atoms with van der Waals surface area (Å²) >= 11 is 0. The highest BCUT2D eigenvalue weighted by Gasteiger charge is 2.34. The fraction of sp³-hybridized carbons (Fsp3) is 0.0769. The summed E-state index contributed by atoms with van der Waals surface area (Å²) in [6.07, 6.45) is -4.82. The first-order valence-electron chi connectivity index (χ1n) is 5.14. The molecular formula is C13H7F5O. The van der Waals surface area contributed by atoms with E-state index in [-0.39, 0.29) is 11.1 Å². The largest absolute Gasteiger partial charge is 0.505 e. The van der Waals surface area contributed by atoms with Gasteiger partial charge < -0.3 is 5.11 Å². The quantitative estimate of drug-likeness (QED) is 0.766. The fourth-order valence-electron chi connectivity index (χ4n) is 1.61. The normalized spacial score (nSPS) is 11.6. The van der Waals surface area contributed by atoms with Crippen LogP contribution < -0.4 is 0 Å². The van der Waals surface area contributed by atoms with Crippen LogP contribution in [-0.2, 0) is 6.18 Å². The monoisotopic (exact) mass is 274 g/mol. The highest BCUT2D eigenvalue weighted by Crippen LogP contribution is 2.35. The molecule has 100 valence electrons. The first-order valence-corrected chi connectivity index (χ1v) is 5.14. The number of aromatic hydroxyl groups is 1. The number of halogens is 5. The van der Waals surface area contributed by atoms with Crippen molar-refractivity contribution in [2.75, 3.05) is 0 Å². The molecule has 0 atom stereocenters. The van der Waals surface area contributed by atoms with Crippen molar-refractivity contribution >= 4 is 0 Å². The molecule has 19 heavy (non-hydrogen) atoms. The minimum absolute atomic E-state index is 0.0315. The van der Waals surface area contributed by atoms with Gasteiger partial charge in [0.25, 0.3) is 0 Å². The summed E-state index contributed by atoms with van der Waals surface area (Å²) in [5.74, 6) is -2.96. The number of phenolic OH excluding ortho intramolecular Hbond substituents is 1. The summed E-state index contributed by atoms with van der Waals surface area (Å²) in [6, 6.07) is 5.50. The molecule has 0 saturated heterocycles. The van der Waals surface area contributed by atoms with Gasteiger partial charge in [-0.1, -0.05) is 12.1 Å². The number of hydrogen-bond acceptors (Lipinski definition) is 1. The van der Waals surface area contributed by atoms with E-state index in [0.717, 1.165) is 18.2 Å². The van der Waals surface area contributed by atoms with Gasteiger partial charge in [0.05, 0.1) is 5.56 Å². The zero-order valence-corrected chi connectivity index (χ0v) is 9.30. The minimum atomic E-state index is -4.82. The van der Waals surface area contributed by atoms with Gasteiger partial charge in [0, 0.05) is 0 Å². The Kier molecular flexibility index (Phi) is 3.18. The van der Waals surface area contributed by atoms with E-state index in [2.05, 4.69) is 0 Å². The summed E-state index contributed by atoms with van der Waals surface area (Å²) in [7, 11) is 0. The Balaban J connectivity index is 2.54. The van der Waals surface area contributed by atoms with E-state index >= 15 is 0 Å². The molecule has 0 unspecified atom stereocenters. The standard InChI is InChI=1S/C13H7F5O/c14-10-3-1-7(5-9(10)13(16,17)18)8-2-4-11(15)12(19)6-8/h1-6,19H. The molecule has 1 N–H and O–H groups in total. The van der Waals surface area contributed by atoms with E-state index < -0.39 is 29.1 Å². The first-order chi connectivity index (χ1) is 8.79. The van der Waals surface area contributed by atoms with Gasteiger partial charge >= 0.3 is 6.18 Å². The Morgan fingerprint density at radius 2 is 1.32 bits per heavy atom. The molecule has 2 rings (SSSR count). The Morgan fingerprint density at radius 3 is 1.84 bits per heavy atom. The summed E-state index contributed by atoms with van der Waals surface area (Å²) < 4.78 is 63.6. The number of hydrogen-bond donors (Lipinski definition) is 1. The lowest BCUT2D eigenvalue weighted by Crippen LogP contribution is -2.08. The lowest BCUT2D eigenvalue weighted by molar-refractivity contribution is -0.139. The average molecular weight is 274 g/mol. The van der Waals surface area contributed by atoms with Crippen LogP contribution in [0.4, 0.5) is 22.0 Å². The lowest BCUT2D eigenvalue weighted by atomic mass is 10.0. The predicted octanol–water partition coefficient (Wildman–Crippen LogP) is 4.36. The molecule has 2 aromatic rings. The molecule has 2 aromatic carbocycles. The molecule has 0 amide bonds. The number of phenols is 1. The van der Waals surface area contributed by atoms with Crippen molar-refractivity contribution < 1.29 is 27.1 Å². The smallest absolute Gasteiger partial charge is 0.419 e.